The van der Waals surface area contributed by atoms with Crippen LogP contribution in [0.25, 0.3) is 0 Å². The lowest BCUT2D eigenvalue weighted by Gasteiger charge is -2.26. The number of para-hydroxylation sites is 1. The van der Waals surface area contributed by atoms with Crippen LogP contribution in [-0.2, 0) is 31.1 Å². The summed E-state index contributed by atoms with van der Waals surface area (Å²) in [6, 6.07) is 27.2. The quantitative estimate of drug-likeness (QED) is 0.187. The zero-order valence-electron chi connectivity index (χ0n) is 24.6. The van der Waals surface area contributed by atoms with Gasteiger partial charge in [0.05, 0.1) is 0 Å². The van der Waals surface area contributed by atoms with Gasteiger partial charge in [0, 0.05) is 30.8 Å². The van der Waals surface area contributed by atoms with Crippen LogP contribution >= 0.6 is 0 Å². The third-order valence-electron chi connectivity index (χ3n) is 7.35. The van der Waals surface area contributed by atoms with Gasteiger partial charge in [-0.2, -0.15) is 0 Å². The second-order valence-corrected chi connectivity index (χ2v) is 10.9. The number of hydrogen-bond donors (Lipinski definition) is 2. The van der Waals surface area contributed by atoms with E-state index < -0.39 is 12.0 Å². The predicted octanol–water partition coefficient (Wildman–Crippen LogP) is 5.99. The van der Waals surface area contributed by atoms with Crippen LogP contribution in [0.1, 0.15) is 39.8 Å². The minimum Gasteiger partial charge on any atom is -0.489 e. The average Bonchev–Trinajstić information content (AvgIpc) is 3.48. The van der Waals surface area contributed by atoms with Crippen LogP contribution in [-0.4, -0.2) is 35.4 Å². The molecule has 0 radical (unpaired) electrons. The highest BCUT2D eigenvalue weighted by molar-refractivity contribution is 5.73. The van der Waals surface area contributed by atoms with Crippen molar-refractivity contribution in [2.75, 3.05) is 13.3 Å². The molecule has 0 fully saturated rings. The third-order valence-corrected chi connectivity index (χ3v) is 7.35. The first kappa shape index (κ1) is 29.9. The van der Waals surface area contributed by atoms with E-state index in [1.165, 1.54) is 5.56 Å². The van der Waals surface area contributed by atoms with Gasteiger partial charge in [0.15, 0.2) is 11.5 Å². The van der Waals surface area contributed by atoms with Gasteiger partial charge in [-0.25, -0.2) is 0 Å². The summed E-state index contributed by atoms with van der Waals surface area (Å²) in [4.78, 5) is 13.7. The minimum atomic E-state index is -1.02. The molecule has 0 aliphatic carbocycles. The molecular formula is C35H38N2O6. The van der Waals surface area contributed by atoms with Crippen LogP contribution in [0, 0.1) is 13.8 Å². The monoisotopic (exact) mass is 582 g/mol. The number of hydrogen-bond acceptors (Lipinski definition) is 7. The topological polar surface area (TPSA) is 103 Å². The number of benzene rings is 4. The molecule has 8 nitrogen and oxygen atoms in total. The molecule has 1 aliphatic rings. The summed E-state index contributed by atoms with van der Waals surface area (Å²) in [6.07, 6.45) is 0.283. The molecule has 0 aromatic heterocycles. The number of carbonyl (C=O) groups is 1. The molecule has 1 atom stereocenters. The lowest BCUT2D eigenvalue weighted by Crippen LogP contribution is -2.35. The highest BCUT2D eigenvalue weighted by atomic mass is 16.7. The van der Waals surface area contributed by atoms with Crippen LogP contribution in [0.4, 0.5) is 0 Å². The van der Waals surface area contributed by atoms with E-state index in [1.54, 1.807) is 0 Å². The van der Waals surface area contributed by atoms with E-state index >= 15 is 0 Å². The van der Waals surface area contributed by atoms with Crippen molar-refractivity contribution in [1.29, 1.82) is 0 Å². The highest BCUT2D eigenvalue weighted by Crippen LogP contribution is 2.44. The average molecular weight is 583 g/mol. The second-order valence-electron chi connectivity index (χ2n) is 10.9. The van der Waals surface area contributed by atoms with Crippen molar-refractivity contribution in [2.45, 2.75) is 52.6 Å². The Balaban J connectivity index is 1.39. The summed E-state index contributed by atoms with van der Waals surface area (Å²) >= 11 is 0. The minimum absolute atomic E-state index is 0.127. The number of nitrogens with two attached hydrogens (primary N) is 1. The van der Waals surface area contributed by atoms with Gasteiger partial charge in [-0.15, -0.1) is 0 Å². The Labute approximate surface area is 252 Å². The first-order valence-corrected chi connectivity index (χ1v) is 14.4. The molecule has 0 saturated carbocycles. The first-order chi connectivity index (χ1) is 20.9. The van der Waals surface area contributed by atoms with E-state index in [1.807, 2.05) is 73.7 Å². The molecule has 0 saturated heterocycles. The molecule has 0 amide bonds. The van der Waals surface area contributed by atoms with Crippen LogP contribution in [0.5, 0.6) is 23.0 Å². The summed E-state index contributed by atoms with van der Waals surface area (Å²) in [5.74, 6) is 1.59. The standard InChI is InChI=1S/C35H38N2O6/c1-24-7-5-9-26(17-24)21-40-31-12-4-3-11-28(31)19-37(16-15-30(36)35(38)39)20-29-13-14-32-34(43-23-42-32)33(29)41-22-27-10-6-8-25(2)18-27/h3-14,17-18,30H,15-16,19-23,36H2,1-2H3,(H,38,39)/t30-/m0/s1. The number of fused-ring (bicyclic) bond motifs is 1. The molecule has 4 aromatic carbocycles. The van der Waals surface area contributed by atoms with Crippen molar-refractivity contribution >= 4 is 5.97 Å². The van der Waals surface area contributed by atoms with E-state index in [9.17, 15) is 9.90 Å². The van der Waals surface area contributed by atoms with Crippen LogP contribution in [0.3, 0.4) is 0 Å². The van der Waals surface area contributed by atoms with Crippen molar-refractivity contribution in [2.24, 2.45) is 5.73 Å². The first-order valence-electron chi connectivity index (χ1n) is 14.4. The smallest absolute Gasteiger partial charge is 0.320 e. The molecule has 0 unspecified atom stereocenters. The van der Waals surface area contributed by atoms with Gasteiger partial charge in [-0.05, 0) is 43.5 Å². The molecule has 224 valence electrons. The number of aryl methyl sites for hydroxylation is 2. The van der Waals surface area contributed by atoms with Crippen molar-refractivity contribution in [3.8, 4) is 23.0 Å². The third kappa shape index (κ3) is 8.06. The van der Waals surface area contributed by atoms with Crippen molar-refractivity contribution in [3.63, 3.8) is 0 Å². The lowest BCUT2D eigenvalue weighted by atomic mass is 10.1. The maximum atomic E-state index is 11.5. The van der Waals surface area contributed by atoms with E-state index in [2.05, 4.69) is 30.0 Å². The van der Waals surface area contributed by atoms with Gasteiger partial charge in [0.1, 0.15) is 25.0 Å². The Morgan fingerprint density at radius 3 is 2.23 bits per heavy atom. The predicted molar refractivity (Wildman–Crippen MR) is 164 cm³/mol. The van der Waals surface area contributed by atoms with E-state index in [4.69, 9.17) is 24.7 Å². The summed E-state index contributed by atoms with van der Waals surface area (Å²) < 4.78 is 24.1. The number of nitrogens with zero attached hydrogens (tertiary/aromatic N) is 1. The van der Waals surface area contributed by atoms with Crippen LogP contribution < -0.4 is 24.7 Å². The van der Waals surface area contributed by atoms with Crippen LogP contribution in [0.15, 0.2) is 84.9 Å². The van der Waals surface area contributed by atoms with Crippen molar-refractivity contribution in [1.82, 2.24) is 4.90 Å². The summed E-state index contributed by atoms with van der Waals surface area (Å²) in [5.41, 5.74) is 12.3. The van der Waals surface area contributed by atoms with Gasteiger partial charge in [0.25, 0.3) is 0 Å². The van der Waals surface area contributed by atoms with Gasteiger partial charge in [-0.1, -0.05) is 83.9 Å². The van der Waals surface area contributed by atoms with E-state index in [0.717, 1.165) is 33.6 Å². The van der Waals surface area contributed by atoms with E-state index in [0.29, 0.717) is 50.1 Å². The van der Waals surface area contributed by atoms with Crippen molar-refractivity contribution < 1.29 is 28.8 Å². The SMILES string of the molecule is Cc1cccc(COc2ccccc2CN(CC[C@H](N)C(=O)O)Cc2ccc3c(c2OCc2cccc(C)c2)OCO3)c1. The molecule has 1 aliphatic heterocycles. The van der Waals surface area contributed by atoms with Crippen molar-refractivity contribution in [3.05, 3.63) is 118 Å². The van der Waals surface area contributed by atoms with E-state index in [-0.39, 0.29) is 13.2 Å². The number of ether oxygens (including phenoxy) is 4. The molecular weight excluding hydrogens is 544 g/mol. The van der Waals surface area contributed by atoms with Gasteiger partial charge in [0.2, 0.25) is 12.5 Å². The maximum Gasteiger partial charge on any atom is 0.320 e. The zero-order valence-corrected chi connectivity index (χ0v) is 24.6. The normalized spacial score (nSPS) is 12.7. The Hall–Kier alpha value is -4.53. The molecule has 0 bridgehead atoms. The molecule has 0 spiro atoms. The zero-order chi connectivity index (χ0) is 30.2. The Morgan fingerprint density at radius 1 is 0.860 bits per heavy atom. The number of aliphatic carboxylic acids is 1. The largest absolute Gasteiger partial charge is 0.489 e. The fraction of sp³-hybridized carbons (Fsp3) is 0.286. The van der Waals surface area contributed by atoms with Gasteiger partial charge >= 0.3 is 5.97 Å². The highest BCUT2D eigenvalue weighted by Gasteiger charge is 2.25. The number of carboxylic acids is 1. The molecule has 43 heavy (non-hydrogen) atoms. The van der Waals surface area contributed by atoms with Crippen LogP contribution in [0.2, 0.25) is 0 Å². The number of carboxylic acid groups (broad SMARTS) is 1. The molecule has 8 heteroatoms. The molecule has 5 rings (SSSR count). The molecule has 3 N–H and O–H groups in total. The number of rotatable bonds is 14. The molecule has 1 heterocycles. The summed E-state index contributed by atoms with van der Waals surface area (Å²) in [7, 11) is 0. The molecule has 4 aromatic rings. The Kier molecular flexibility index (Phi) is 9.81. The summed E-state index contributed by atoms with van der Waals surface area (Å²) in [6.45, 7) is 6.49. The fourth-order valence-corrected chi connectivity index (χ4v) is 5.11. The van der Waals surface area contributed by atoms with Gasteiger partial charge < -0.3 is 29.8 Å². The Morgan fingerprint density at radius 2 is 1.53 bits per heavy atom. The fourth-order valence-electron chi connectivity index (χ4n) is 5.11. The summed E-state index contributed by atoms with van der Waals surface area (Å²) in [5, 5.41) is 9.45. The Bertz CT molecular complexity index is 1560. The second kappa shape index (κ2) is 14.1. The maximum absolute atomic E-state index is 11.5. The lowest BCUT2D eigenvalue weighted by molar-refractivity contribution is -0.138. The van der Waals surface area contributed by atoms with Gasteiger partial charge in [-0.3, -0.25) is 9.69 Å².